The molecule has 130 valence electrons. The van der Waals surface area contributed by atoms with E-state index in [9.17, 15) is 14.4 Å². The van der Waals surface area contributed by atoms with Crippen LogP contribution in [0.2, 0.25) is 5.02 Å². The minimum absolute atomic E-state index is 0.0112. The first-order chi connectivity index (χ1) is 11.3. The van der Waals surface area contributed by atoms with E-state index >= 15 is 0 Å². The second kappa shape index (κ2) is 7.39. The van der Waals surface area contributed by atoms with Crippen molar-refractivity contribution in [2.75, 3.05) is 6.79 Å². The summed E-state index contributed by atoms with van der Waals surface area (Å²) in [5, 5.41) is 4.77. The number of esters is 1. The van der Waals surface area contributed by atoms with E-state index in [4.69, 9.17) is 25.8 Å². The molecule has 1 heterocycles. The molecule has 0 spiro atoms. The molecular formula is C15H17ClN2O6. The van der Waals surface area contributed by atoms with Crippen LogP contribution in [0.4, 0.5) is 4.79 Å². The number of benzene rings is 1. The fraction of sp³-hybridized carbons (Fsp3) is 0.400. The van der Waals surface area contributed by atoms with Crippen molar-refractivity contribution in [1.82, 2.24) is 10.6 Å². The summed E-state index contributed by atoms with van der Waals surface area (Å²) in [6, 6.07) is 1.97. The highest BCUT2D eigenvalue weighted by Gasteiger charge is 2.24. The van der Waals surface area contributed by atoms with Crippen LogP contribution in [0.25, 0.3) is 0 Å². The molecule has 1 aliphatic heterocycles. The molecule has 1 atom stereocenters. The molecule has 1 aromatic carbocycles. The van der Waals surface area contributed by atoms with E-state index in [2.05, 4.69) is 10.6 Å². The summed E-state index contributed by atoms with van der Waals surface area (Å²) >= 11 is 5.99. The molecule has 0 fully saturated rings. The molecule has 0 unspecified atom stereocenters. The van der Waals surface area contributed by atoms with Crippen LogP contribution in [-0.2, 0) is 9.53 Å². The van der Waals surface area contributed by atoms with Gasteiger partial charge in [0.15, 0.2) is 17.6 Å². The molecule has 8 nitrogen and oxygen atoms in total. The van der Waals surface area contributed by atoms with E-state index in [1.54, 1.807) is 13.8 Å². The molecule has 3 amide bonds. The lowest BCUT2D eigenvalue weighted by atomic mass is 10.2. The quantitative estimate of drug-likeness (QED) is 0.798. The second-order valence-electron chi connectivity index (χ2n) is 5.36. The molecule has 0 saturated heterocycles. The number of ether oxygens (including phenoxy) is 3. The Labute approximate surface area is 143 Å². The Balaban J connectivity index is 1.98. The third-order valence-electron chi connectivity index (χ3n) is 2.97. The molecule has 0 radical (unpaired) electrons. The average Bonchev–Trinajstić information content (AvgIpc) is 2.94. The molecule has 0 aliphatic carbocycles. The van der Waals surface area contributed by atoms with E-state index in [0.29, 0.717) is 11.5 Å². The number of urea groups is 1. The van der Waals surface area contributed by atoms with Crippen molar-refractivity contribution < 1.29 is 28.6 Å². The van der Waals surface area contributed by atoms with Crippen molar-refractivity contribution in [3.8, 4) is 11.5 Å². The normalized spacial score (nSPS) is 13.4. The first-order valence-electron chi connectivity index (χ1n) is 7.19. The van der Waals surface area contributed by atoms with Gasteiger partial charge in [0.05, 0.1) is 10.6 Å². The monoisotopic (exact) mass is 356 g/mol. The van der Waals surface area contributed by atoms with Crippen molar-refractivity contribution in [3.63, 3.8) is 0 Å². The molecule has 0 aromatic heterocycles. The van der Waals surface area contributed by atoms with Crippen molar-refractivity contribution in [3.05, 3.63) is 22.7 Å². The van der Waals surface area contributed by atoms with Gasteiger partial charge in [0.2, 0.25) is 6.79 Å². The summed E-state index contributed by atoms with van der Waals surface area (Å²) in [5.41, 5.74) is 0.107. The maximum absolute atomic E-state index is 12.1. The van der Waals surface area contributed by atoms with Gasteiger partial charge in [-0.2, -0.15) is 0 Å². The Kier molecular flexibility index (Phi) is 5.50. The Hall–Kier alpha value is -2.48. The van der Waals surface area contributed by atoms with Crippen molar-refractivity contribution in [2.45, 2.75) is 32.9 Å². The van der Waals surface area contributed by atoms with Gasteiger partial charge in [0, 0.05) is 6.04 Å². The van der Waals surface area contributed by atoms with E-state index < -0.39 is 24.0 Å². The highest BCUT2D eigenvalue weighted by molar-refractivity contribution is 6.32. The number of rotatable bonds is 4. The van der Waals surface area contributed by atoms with Crippen LogP contribution >= 0.6 is 11.6 Å². The average molecular weight is 357 g/mol. The zero-order chi connectivity index (χ0) is 17.9. The maximum Gasteiger partial charge on any atom is 0.339 e. The van der Waals surface area contributed by atoms with Crippen LogP contribution in [0.1, 0.15) is 31.1 Å². The summed E-state index contributed by atoms with van der Waals surface area (Å²) in [7, 11) is 0. The summed E-state index contributed by atoms with van der Waals surface area (Å²) in [6.07, 6.45) is -1.17. The first-order valence-corrected chi connectivity index (χ1v) is 7.57. The van der Waals surface area contributed by atoms with Gasteiger partial charge in [-0.3, -0.25) is 10.1 Å². The standard InChI is InChI=1S/C15H17ClN2O6/c1-7(2)17-15(21)18-13(19)8(3)24-14(20)9-4-10(16)12-11(5-9)22-6-23-12/h4-5,7-8H,6H2,1-3H3,(H2,17,18,19,21)/t8-/m1/s1. The summed E-state index contributed by atoms with van der Waals surface area (Å²) < 4.78 is 15.3. The minimum Gasteiger partial charge on any atom is -0.454 e. The number of nitrogens with one attached hydrogen (secondary N) is 2. The van der Waals surface area contributed by atoms with Crippen molar-refractivity contribution in [1.29, 1.82) is 0 Å². The van der Waals surface area contributed by atoms with E-state index in [1.807, 2.05) is 0 Å². The Bertz CT molecular complexity index is 676. The number of imide groups is 1. The first kappa shape index (κ1) is 17.9. The zero-order valence-electron chi connectivity index (χ0n) is 13.3. The maximum atomic E-state index is 12.1. The number of halogens is 1. The van der Waals surface area contributed by atoms with Gasteiger partial charge in [-0.15, -0.1) is 0 Å². The summed E-state index contributed by atoms with van der Waals surface area (Å²) in [4.78, 5) is 35.4. The number of carbonyl (C=O) groups excluding carboxylic acids is 3. The lowest BCUT2D eigenvalue weighted by molar-refractivity contribution is -0.127. The van der Waals surface area contributed by atoms with Gasteiger partial charge in [-0.05, 0) is 32.9 Å². The fourth-order valence-electron chi connectivity index (χ4n) is 1.88. The molecule has 0 saturated carbocycles. The summed E-state index contributed by atoms with van der Waals surface area (Å²) in [5.74, 6) is -0.845. The molecule has 9 heteroatoms. The topological polar surface area (TPSA) is 103 Å². The van der Waals surface area contributed by atoms with Crippen LogP contribution in [-0.4, -0.2) is 36.8 Å². The highest BCUT2D eigenvalue weighted by atomic mass is 35.5. The molecule has 2 rings (SSSR count). The molecule has 0 bridgehead atoms. The molecule has 1 aliphatic rings. The third-order valence-corrected chi connectivity index (χ3v) is 3.25. The smallest absolute Gasteiger partial charge is 0.339 e. The van der Waals surface area contributed by atoms with Crippen molar-refractivity contribution >= 4 is 29.5 Å². The van der Waals surface area contributed by atoms with Gasteiger partial charge in [0.1, 0.15) is 0 Å². The number of hydrogen-bond donors (Lipinski definition) is 2. The molecule has 1 aromatic rings. The molecular weight excluding hydrogens is 340 g/mol. The van der Waals surface area contributed by atoms with Crippen LogP contribution in [0, 0.1) is 0 Å². The SMILES string of the molecule is CC(C)NC(=O)NC(=O)[C@@H](C)OC(=O)c1cc(Cl)c2c(c1)OCO2. The predicted molar refractivity (Wildman–Crippen MR) is 84.3 cm³/mol. The van der Waals surface area contributed by atoms with Gasteiger partial charge in [-0.1, -0.05) is 11.6 Å². The van der Waals surface area contributed by atoms with Crippen LogP contribution in [0.15, 0.2) is 12.1 Å². The zero-order valence-corrected chi connectivity index (χ0v) is 14.1. The van der Waals surface area contributed by atoms with Crippen LogP contribution in [0.3, 0.4) is 0 Å². The second-order valence-corrected chi connectivity index (χ2v) is 5.76. The number of carbonyl (C=O) groups is 3. The lowest BCUT2D eigenvalue weighted by Crippen LogP contribution is -2.46. The van der Waals surface area contributed by atoms with E-state index in [0.717, 1.165) is 0 Å². The Morgan fingerprint density at radius 3 is 2.58 bits per heavy atom. The van der Waals surface area contributed by atoms with E-state index in [-0.39, 0.29) is 23.4 Å². The van der Waals surface area contributed by atoms with E-state index in [1.165, 1.54) is 19.1 Å². The van der Waals surface area contributed by atoms with Gasteiger partial charge < -0.3 is 19.5 Å². The summed E-state index contributed by atoms with van der Waals surface area (Å²) in [6.45, 7) is 4.86. The fourth-order valence-corrected chi connectivity index (χ4v) is 2.14. The van der Waals surface area contributed by atoms with Crippen LogP contribution in [0.5, 0.6) is 11.5 Å². The lowest BCUT2D eigenvalue weighted by Gasteiger charge is -2.14. The minimum atomic E-state index is -1.17. The van der Waals surface area contributed by atoms with Gasteiger partial charge in [0.25, 0.3) is 5.91 Å². The Morgan fingerprint density at radius 2 is 1.92 bits per heavy atom. The third kappa shape index (κ3) is 4.29. The highest BCUT2D eigenvalue weighted by Crippen LogP contribution is 2.39. The molecule has 2 N–H and O–H groups in total. The van der Waals surface area contributed by atoms with Crippen LogP contribution < -0.4 is 20.1 Å². The predicted octanol–water partition coefficient (Wildman–Crippen LogP) is 1.85. The Morgan fingerprint density at radius 1 is 1.21 bits per heavy atom. The largest absolute Gasteiger partial charge is 0.454 e. The number of amides is 3. The van der Waals surface area contributed by atoms with Gasteiger partial charge >= 0.3 is 12.0 Å². The van der Waals surface area contributed by atoms with Gasteiger partial charge in [-0.25, -0.2) is 9.59 Å². The number of fused-ring (bicyclic) bond motifs is 1. The van der Waals surface area contributed by atoms with Crippen molar-refractivity contribution in [2.24, 2.45) is 0 Å². The molecule has 24 heavy (non-hydrogen) atoms. The number of hydrogen-bond acceptors (Lipinski definition) is 6.